The van der Waals surface area contributed by atoms with Crippen molar-refractivity contribution in [1.29, 1.82) is 0 Å². The lowest BCUT2D eigenvalue weighted by Crippen LogP contribution is -2.59. The molecular formula is C15H17NO11S. The van der Waals surface area contributed by atoms with Crippen molar-refractivity contribution in [1.82, 2.24) is 4.37 Å². The van der Waals surface area contributed by atoms with Crippen molar-refractivity contribution in [2.75, 3.05) is 0 Å². The molecule has 1 fully saturated rings. The maximum atomic E-state index is 11.6. The fourth-order valence-corrected chi connectivity index (χ4v) is 2.97. The fourth-order valence-electron chi connectivity index (χ4n) is 2.55. The molecule has 1 aliphatic heterocycles. The highest BCUT2D eigenvalue weighted by atomic mass is 32.1. The van der Waals surface area contributed by atoms with E-state index in [4.69, 9.17) is 28.1 Å². The topological polar surface area (TPSA) is 158 Å². The van der Waals surface area contributed by atoms with Crippen LogP contribution in [0.15, 0.2) is 9.21 Å². The molecule has 0 aromatic carbocycles. The van der Waals surface area contributed by atoms with Gasteiger partial charge in [0.1, 0.15) is 0 Å². The van der Waals surface area contributed by atoms with Gasteiger partial charge in [-0.25, -0.2) is 4.79 Å². The molecule has 154 valence electrons. The Morgan fingerprint density at radius 1 is 0.821 bits per heavy atom. The molecule has 0 bridgehead atoms. The molecule has 0 unspecified atom stereocenters. The predicted molar refractivity (Wildman–Crippen MR) is 86.7 cm³/mol. The summed E-state index contributed by atoms with van der Waals surface area (Å²) in [5.74, 6) is -3.49. The lowest BCUT2D eigenvalue weighted by Gasteiger charge is -2.42. The van der Waals surface area contributed by atoms with Crippen LogP contribution in [0.3, 0.4) is 0 Å². The molecule has 0 N–H and O–H groups in total. The van der Waals surface area contributed by atoms with Crippen LogP contribution in [0.25, 0.3) is 0 Å². The highest BCUT2D eigenvalue weighted by Crippen LogP contribution is 2.37. The lowest BCUT2D eigenvalue weighted by molar-refractivity contribution is -0.301. The molecule has 1 aromatic rings. The van der Waals surface area contributed by atoms with Crippen molar-refractivity contribution < 1.29 is 47.3 Å². The van der Waals surface area contributed by atoms with Crippen LogP contribution < -0.4 is 4.94 Å². The zero-order chi connectivity index (χ0) is 21.0. The average molecular weight is 419 g/mol. The normalized spacial score (nSPS) is 26.8. The summed E-state index contributed by atoms with van der Waals surface area (Å²) in [6.07, 6.45) is -7.27. The molecule has 2 rings (SSSR count). The van der Waals surface area contributed by atoms with Crippen molar-refractivity contribution in [2.45, 2.75) is 58.4 Å². The van der Waals surface area contributed by atoms with E-state index >= 15 is 0 Å². The molecule has 5 atom stereocenters. The largest absolute Gasteiger partial charge is 0.455 e. The van der Waals surface area contributed by atoms with E-state index < -0.39 is 59.5 Å². The van der Waals surface area contributed by atoms with Gasteiger partial charge in [0.15, 0.2) is 18.3 Å². The fraction of sp³-hybridized carbons (Fsp3) is 0.600. The van der Waals surface area contributed by atoms with E-state index in [1.807, 2.05) is 0 Å². The summed E-state index contributed by atoms with van der Waals surface area (Å²) in [6, 6.07) is 0. The van der Waals surface area contributed by atoms with Gasteiger partial charge in [-0.05, 0) is 0 Å². The van der Waals surface area contributed by atoms with Crippen LogP contribution in [0.5, 0.6) is 0 Å². The molecule has 0 amide bonds. The SMILES string of the molecule is CC(=O)O[C@H]1O[C@H](c2nsc(=O)o2)[C@@H](OC(C)=O)[C@H](OC(C)=O)[C@H]1OC(C)=O. The molecule has 0 saturated carbocycles. The first-order valence-electron chi connectivity index (χ1n) is 7.89. The Hall–Kier alpha value is -2.80. The van der Waals surface area contributed by atoms with Gasteiger partial charge < -0.3 is 28.1 Å². The van der Waals surface area contributed by atoms with Crippen molar-refractivity contribution in [2.24, 2.45) is 0 Å². The number of hydrogen-bond donors (Lipinski definition) is 0. The summed E-state index contributed by atoms with van der Waals surface area (Å²) >= 11 is 0.467. The monoisotopic (exact) mass is 419 g/mol. The van der Waals surface area contributed by atoms with Gasteiger partial charge in [0, 0.05) is 39.2 Å². The first-order chi connectivity index (χ1) is 13.1. The van der Waals surface area contributed by atoms with Crippen LogP contribution in [-0.4, -0.2) is 52.9 Å². The first kappa shape index (κ1) is 21.5. The van der Waals surface area contributed by atoms with E-state index in [9.17, 15) is 24.0 Å². The number of carbonyl (C=O) groups is 4. The Balaban J connectivity index is 2.53. The minimum Gasteiger partial charge on any atom is -0.455 e. The number of rotatable bonds is 5. The number of aromatic nitrogens is 1. The second-order valence-corrected chi connectivity index (χ2v) is 6.33. The summed E-state index contributed by atoms with van der Waals surface area (Å²) in [4.78, 5) is 56.8. The van der Waals surface area contributed by atoms with Crippen molar-refractivity contribution in [3.63, 3.8) is 0 Å². The highest BCUT2D eigenvalue weighted by molar-refractivity contribution is 7.02. The smallest absolute Gasteiger partial charge is 0.414 e. The maximum absolute atomic E-state index is 11.6. The zero-order valence-electron chi connectivity index (χ0n) is 15.2. The molecule has 0 radical (unpaired) electrons. The van der Waals surface area contributed by atoms with E-state index in [1.54, 1.807) is 0 Å². The minimum absolute atomic E-state index is 0.295. The van der Waals surface area contributed by atoms with Gasteiger partial charge >= 0.3 is 28.8 Å². The highest BCUT2D eigenvalue weighted by Gasteiger charge is 2.55. The van der Waals surface area contributed by atoms with Gasteiger partial charge in [-0.1, -0.05) is 0 Å². The molecular weight excluding hydrogens is 402 g/mol. The van der Waals surface area contributed by atoms with E-state index in [-0.39, 0.29) is 5.89 Å². The quantitative estimate of drug-likeness (QED) is 0.460. The molecule has 1 aromatic heterocycles. The van der Waals surface area contributed by atoms with Crippen molar-refractivity contribution >= 4 is 35.4 Å². The van der Waals surface area contributed by atoms with Crippen LogP contribution in [0.4, 0.5) is 0 Å². The molecule has 28 heavy (non-hydrogen) atoms. The van der Waals surface area contributed by atoms with E-state index in [0.29, 0.717) is 11.5 Å². The van der Waals surface area contributed by atoms with Gasteiger partial charge in [-0.2, -0.15) is 0 Å². The predicted octanol–water partition coefficient (Wildman–Crippen LogP) is -0.148. The van der Waals surface area contributed by atoms with E-state index in [2.05, 4.69) is 4.37 Å². The van der Waals surface area contributed by atoms with Crippen molar-refractivity contribution in [3.05, 3.63) is 15.6 Å². The third-order valence-electron chi connectivity index (χ3n) is 3.32. The van der Waals surface area contributed by atoms with E-state index in [1.165, 1.54) is 0 Å². The van der Waals surface area contributed by atoms with Crippen LogP contribution in [-0.2, 0) is 42.9 Å². The van der Waals surface area contributed by atoms with Gasteiger partial charge in [-0.15, -0.1) is 4.37 Å². The van der Waals surface area contributed by atoms with Crippen LogP contribution in [0.2, 0.25) is 0 Å². The summed E-state index contributed by atoms with van der Waals surface area (Å²) in [5, 5.41) is 0. The van der Waals surface area contributed by atoms with Gasteiger partial charge in [0.2, 0.25) is 18.3 Å². The molecule has 13 heteroatoms. The van der Waals surface area contributed by atoms with Crippen LogP contribution >= 0.6 is 11.5 Å². The third-order valence-corrected chi connectivity index (χ3v) is 3.83. The second kappa shape index (κ2) is 8.93. The van der Waals surface area contributed by atoms with Crippen molar-refractivity contribution in [3.8, 4) is 0 Å². The van der Waals surface area contributed by atoms with Gasteiger partial charge in [-0.3, -0.25) is 19.2 Å². The summed E-state index contributed by atoms with van der Waals surface area (Å²) in [5.41, 5.74) is 0. The van der Waals surface area contributed by atoms with Gasteiger partial charge in [0.05, 0.1) is 0 Å². The standard InChI is InChI=1S/C15H17NO11S/c1-5(17)22-9-10(23-6(2)18)12(24-7(3)19)14(25-8(4)20)26-11(9)13-16-28-15(21)27-13/h9-12,14H,1-4H3/t9-,10-,11-,12+,14-/m0/s1. The number of esters is 4. The number of nitrogens with zero attached hydrogens (tertiary/aromatic N) is 1. The Morgan fingerprint density at radius 3 is 1.79 bits per heavy atom. The maximum Gasteiger partial charge on any atom is 0.414 e. The molecule has 1 saturated heterocycles. The van der Waals surface area contributed by atoms with Crippen LogP contribution in [0.1, 0.15) is 39.7 Å². The second-order valence-electron chi connectivity index (χ2n) is 5.63. The van der Waals surface area contributed by atoms with Crippen LogP contribution in [0, 0.1) is 0 Å². The molecule has 1 aliphatic rings. The number of hydrogen-bond acceptors (Lipinski definition) is 13. The number of ether oxygens (including phenoxy) is 5. The molecule has 12 nitrogen and oxygen atoms in total. The number of carbonyl (C=O) groups excluding carboxylic acids is 4. The molecule has 0 spiro atoms. The Labute approximate surface area is 161 Å². The Kier molecular flexibility index (Phi) is 6.85. The first-order valence-corrected chi connectivity index (χ1v) is 8.67. The van der Waals surface area contributed by atoms with E-state index in [0.717, 1.165) is 27.7 Å². The Bertz CT molecular complexity index is 815. The minimum atomic E-state index is -1.56. The van der Waals surface area contributed by atoms with Gasteiger partial charge in [0.25, 0.3) is 0 Å². The summed E-state index contributed by atoms with van der Waals surface area (Å²) < 4.78 is 34.7. The summed E-state index contributed by atoms with van der Waals surface area (Å²) in [6.45, 7) is 4.30. The molecule has 2 heterocycles. The zero-order valence-corrected chi connectivity index (χ0v) is 16.0. The summed E-state index contributed by atoms with van der Waals surface area (Å²) in [7, 11) is 0. The molecule has 0 aliphatic carbocycles. The lowest BCUT2D eigenvalue weighted by atomic mass is 9.97. The average Bonchev–Trinajstić information content (AvgIpc) is 2.97. The third kappa shape index (κ3) is 5.36. The Morgan fingerprint density at radius 2 is 1.32 bits per heavy atom.